The van der Waals surface area contributed by atoms with E-state index in [1.165, 1.54) is 18.6 Å². The Morgan fingerprint density at radius 1 is 1.32 bits per heavy atom. The second-order valence-electron chi connectivity index (χ2n) is 5.34. The molecule has 0 saturated carbocycles. The Morgan fingerprint density at radius 2 is 2.14 bits per heavy atom. The van der Waals surface area contributed by atoms with Crippen molar-refractivity contribution in [2.24, 2.45) is 0 Å². The summed E-state index contributed by atoms with van der Waals surface area (Å²) in [6.45, 7) is 0.172. The number of ether oxygens (including phenoxy) is 2. The summed E-state index contributed by atoms with van der Waals surface area (Å²) in [6.07, 6.45) is 3.28. The van der Waals surface area contributed by atoms with E-state index in [4.69, 9.17) is 33.9 Å². The first-order valence-corrected chi connectivity index (χ1v) is 9.44. The summed E-state index contributed by atoms with van der Waals surface area (Å²) in [6, 6.07) is 7.23. The van der Waals surface area contributed by atoms with Crippen molar-refractivity contribution >= 4 is 48.1 Å². The van der Waals surface area contributed by atoms with Crippen molar-refractivity contribution in [2.75, 3.05) is 7.11 Å². The van der Waals surface area contributed by atoms with Gasteiger partial charge < -0.3 is 14.5 Å². The topological polar surface area (TPSA) is 120 Å². The van der Waals surface area contributed by atoms with Gasteiger partial charge in [0, 0.05) is 5.56 Å². The third-order valence-corrected chi connectivity index (χ3v) is 4.73. The minimum atomic E-state index is -0.549. The van der Waals surface area contributed by atoms with Crippen LogP contribution >= 0.6 is 36.0 Å². The summed E-state index contributed by atoms with van der Waals surface area (Å²) in [5, 5.41) is 9.22. The maximum Gasteiger partial charge on any atom is 0.270 e. The number of nitrogens with one attached hydrogen (secondary N) is 3. The van der Waals surface area contributed by atoms with E-state index >= 15 is 0 Å². The molecule has 2 aromatic heterocycles. The molecule has 3 aromatic rings. The minimum Gasteiger partial charge on any atom is -0.493 e. The fraction of sp³-hybridized carbons (Fsp3) is 0.118. The van der Waals surface area contributed by atoms with Gasteiger partial charge in [0.25, 0.3) is 5.56 Å². The number of nitrogens with zero attached hydrogens (tertiary/aromatic N) is 2. The van der Waals surface area contributed by atoms with Gasteiger partial charge in [-0.25, -0.2) is 4.98 Å². The molecule has 0 saturated heterocycles. The molecule has 3 rings (SSSR count). The molecule has 0 unspecified atom stereocenters. The van der Waals surface area contributed by atoms with Crippen molar-refractivity contribution < 1.29 is 9.47 Å². The predicted octanol–water partition coefficient (Wildman–Crippen LogP) is 3.58. The van der Waals surface area contributed by atoms with Crippen LogP contribution in [-0.4, -0.2) is 26.4 Å². The summed E-state index contributed by atoms with van der Waals surface area (Å²) >= 11 is 11.2. The normalized spacial score (nSPS) is 10.7. The Bertz CT molecular complexity index is 1250. The number of aromatic amines is 3. The van der Waals surface area contributed by atoms with Crippen molar-refractivity contribution in [1.29, 1.82) is 5.26 Å². The Hall–Kier alpha value is -3.07. The number of aromatic nitrogens is 4. The molecule has 0 fully saturated rings. The molecule has 142 valence electrons. The quantitative estimate of drug-likeness (QED) is 0.510. The van der Waals surface area contributed by atoms with Crippen molar-refractivity contribution in [3.05, 3.63) is 59.9 Å². The molecule has 8 nitrogen and oxygen atoms in total. The van der Waals surface area contributed by atoms with Crippen LogP contribution in [0, 0.1) is 20.1 Å². The van der Waals surface area contributed by atoms with Crippen molar-refractivity contribution in [1.82, 2.24) is 19.3 Å². The molecule has 0 aliphatic rings. The molecule has 0 bridgehead atoms. The summed E-state index contributed by atoms with van der Waals surface area (Å²) in [4.78, 5) is 21.2. The van der Waals surface area contributed by atoms with Crippen LogP contribution in [0.3, 0.4) is 0 Å². The molecule has 1 aromatic carbocycles. The Balaban J connectivity index is 1.97. The van der Waals surface area contributed by atoms with Gasteiger partial charge in [0.05, 0.1) is 12.8 Å². The lowest BCUT2D eigenvalue weighted by molar-refractivity contribution is 0.277. The number of H-pyrrole nitrogens is 3. The maximum absolute atomic E-state index is 11.9. The van der Waals surface area contributed by atoms with Gasteiger partial charge in [-0.15, -0.1) is 0 Å². The number of rotatable bonds is 6. The van der Waals surface area contributed by atoms with E-state index in [0.717, 1.165) is 0 Å². The zero-order chi connectivity index (χ0) is 20.1. The molecule has 28 heavy (non-hydrogen) atoms. The lowest BCUT2D eigenvalue weighted by atomic mass is 10.1. The van der Waals surface area contributed by atoms with Crippen LogP contribution in [0.4, 0.5) is 0 Å². The van der Waals surface area contributed by atoms with E-state index in [1.807, 2.05) is 12.1 Å². The lowest BCUT2D eigenvalue weighted by Gasteiger charge is -2.12. The lowest BCUT2D eigenvalue weighted by Crippen LogP contribution is -2.13. The van der Waals surface area contributed by atoms with E-state index in [1.54, 1.807) is 24.3 Å². The molecule has 0 radical (unpaired) electrons. The fourth-order valence-electron chi connectivity index (χ4n) is 2.35. The second kappa shape index (κ2) is 8.75. The number of hydrogen-bond donors (Lipinski definition) is 3. The Labute approximate surface area is 173 Å². The van der Waals surface area contributed by atoms with Gasteiger partial charge in [-0.1, -0.05) is 12.1 Å². The zero-order valence-electron chi connectivity index (χ0n) is 14.4. The third-order valence-electron chi connectivity index (χ3n) is 3.58. The van der Waals surface area contributed by atoms with Crippen molar-refractivity contribution in [3.8, 4) is 17.6 Å². The number of para-hydroxylation sites is 1. The van der Waals surface area contributed by atoms with Crippen LogP contribution in [0.1, 0.15) is 22.6 Å². The first kappa shape index (κ1) is 19.7. The van der Waals surface area contributed by atoms with E-state index < -0.39 is 5.56 Å². The Kier molecular flexibility index (Phi) is 6.15. The van der Waals surface area contributed by atoms with Gasteiger partial charge in [-0.05, 0) is 54.2 Å². The highest BCUT2D eigenvalue weighted by atomic mass is 32.2. The van der Waals surface area contributed by atoms with Gasteiger partial charge in [0.15, 0.2) is 26.0 Å². The molecule has 3 N–H and O–H groups in total. The average molecular weight is 432 g/mol. The van der Waals surface area contributed by atoms with Crippen molar-refractivity contribution in [2.45, 2.75) is 6.61 Å². The fourth-order valence-corrected chi connectivity index (χ4v) is 3.26. The Morgan fingerprint density at radius 3 is 2.82 bits per heavy atom. The molecule has 0 atom stereocenters. The second-order valence-corrected chi connectivity index (χ2v) is 7.19. The largest absolute Gasteiger partial charge is 0.493 e. The highest BCUT2D eigenvalue weighted by Gasteiger charge is 2.11. The smallest absolute Gasteiger partial charge is 0.270 e. The minimum absolute atomic E-state index is 0.0646. The van der Waals surface area contributed by atoms with E-state index in [-0.39, 0.29) is 16.9 Å². The van der Waals surface area contributed by atoms with E-state index in [0.29, 0.717) is 32.5 Å². The van der Waals surface area contributed by atoms with Crippen LogP contribution in [0.5, 0.6) is 11.5 Å². The molecule has 0 spiro atoms. The number of benzene rings is 1. The molecular formula is C17H13N5O3S3. The van der Waals surface area contributed by atoms with Gasteiger partial charge >= 0.3 is 0 Å². The van der Waals surface area contributed by atoms with Gasteiger partial charge in [0.2, 0.25) is 0 Å². The maximum atomic E-state index is 11.9. The van der Waals surface area contributed by atoms with Gasteiger partial charge in [-0.3, -0.25) is 14.2 Å². The SMILES string of the molecule is COc1cccc(/C=C/c2[nH]c(=S)[nH]c(=O)c2C#N)c1OCc1nc(=S)s[nH]1. The van der Waals surface area contributed by atoms with E-state index in [9.17, 15) is 10.1 Å². The summed E-state index contributed by atoms with van der Waals surface area (Å²) in [5.41, 5.74) is 0.363. The van der Waals surface area contributed by atoms with Crippen LogP contribution in [0.15, 0.2) is 23.0 Å². The molecule has 11 heteroatoms. The third kappa shape index (κ3) is 4.42. The first-order valence-electron chi connectivity index (χ1n) is 7.80. The average Bonchev–Trinajstić information content (AvgIpc) is 3.09. The molecule has 0 aliphatic carbocycles. The molecular weight excluding hydrogens is 418 g/mol. The van der Waals surface area contributed by atoms with Crippen LogP contribution in [0.2, 0.25) is 0 Å². The highest BCUT2D eigenvalue weighted by molar-refractivity contribution is 7.73. The monoisotopic (exact) mass is 431 g/mol. The van der Waals surface area contributed by atoms with Crippen LogP contribution < -0.4 is 15.0 Å². The molecule has 0 amide bonds. The number of nitriles is 1. The summed E-state index contributed by atoms with van der Waals surface area (Å²) in [5.74, 6) is 1.60. The van der Waals surface area contributed by atoms with Gasteiger partial charge in [0.1, 0.15) is 18.2 Å². The molecule has 2 heterocycles. The standard InChI is InChI=1S/C17H13N5O3S3/c1-24-12-4-2-3-9(14(12)25-8-13-20-17(27)28-22-13)5-6-11-10(7-18)15(23)21-16(26)19-11/h2-6H,8H2,1H3,(H,20,22,27)(H2,19,21,23,26)/b6-5+. The summed E-state index contributed by atoms with van der Waals surface area (Å²) in [7, 11) is 1.54. The van der Waals surface area contributed by atoms with Gasteiger partial charge in [-0.2, -0.15) is 5.26 Å². The highest BCUT2D eigenvalue weighted by Crippen LogP contribution is 2.33. The first-order chi connectivity index (χ1) is 13.5. The van der Waals surface area contributed by atoms with Crippen LogP contribution in [0.25, 0.3) is 12.2 Å². The predicted molar refractivity (Wildman–Crippen MR) is 111 cm³/mol. The van der Waals surface area contributed by atoms with E-state index in [2.05, 4.69) is 19.3 Å². The van der Waals surface area contributed by atoms with Crippen molar-refractivity contribution in [3.63, 3.8) is 0 Å². The zero-order valence-corrected chi connectivity index (χ0v) is 16.9. The summed E-state index contributed by atoms with van der Waals surface area (Å²) < 4.78 is 14.8. The number of hydrogen-bond acceptors (Lipinski definition) is 8. The van der Waals surface area contributed by atoms with Crippen LogP contribution in [-0.2, 0) is 6.61 Å². The number of methoxy groups -OCH3 is 1. The molecule has 0 aliphatic heterocycles.